The third-order valence-corrected chi connectivity index (χ3v) is 5.27. The molecule has 0 aromatic rings. The van der Waals surface area contributed by atoms with Crippen molar-refractivity contribution in [2.24, 2.45) is 5.73 Å². The first-order chi connectivity index (χ1) is 12.6. The highest BCUT2D eigenvalue weighted by Gasteiger charge is 1.94. The standard InChI is InChI=1S/C20H42.C4H12N2/c1-3-5-7-9-11-13-15-17-19-20-18-16-14-12-10-8-6-4-2;1-4(5)6(2)3/h3-20H2,1-2H3;4H,5H2,1-3H3. The minimum Gasteiger partial charge on any atom is -0.316 e. The van der Waals surface area contributed by atoms with Crippen molar-refractivity contribution in [3.05, 3.63) is 0 Å². The van der Waals surface area contributed by atoms with Gasteiger partial charge < -0.3 is 5.73 Å². The summed E-state index contributed by atoms with van der Waals surface area (Å²) in [5, 5.41) is 0. The van der Waals surface area contributed by atoms with Gasteiger partial charge in [0.25, 0.3) is 0 Å². The second-order valence-corrected chi connectivity index (χ2v) is 8.36. The Morgan fingerprint density at radius 2 is 0.654 bits per heavy atom. The van der Waals surface area contributed by atoms with Crippen molar-refractivity contribution in [3.8, 4) is 0 Å². The molecule has 0 aliphatic heterocycles. The molecule has 2 N–H and O–H groups in total. The molecule has 0 fully saturated rings. The van der Waals surface area contributed by atoms with E-state index in [9.17, 15) is 0 Å². The predicted molar refractivity (Wildman–Crippen MR) is 122 cm³/mol. The van der Waals surface area contributed by atoms with Crippen LogP contribution in [0.25, 0.3) is 0 Å². The van der Waals surface area contributed by atoms with Crippen LogP contribution >= 0.6 is 0 Å². The molecular formula is C24H54N2. The normalized spacial score (nSPS) is 12.1. The van der Waals surface area contributed by atoms with Gasteiger partial charge in [0.05, 0.1) is 6.17 Å². The van der Waals surface area contributed by atoms with Crippen molar-refractivity contribution in [3.63, 3.8) is 0 Å². The second kappa shape index (κ2) is 24.9. The lowest BCUT2D eigenvalue weighted by molar-refractivity contribution is 0.322. The smallest absolute Gasteiger partial charge is 0.0537 e. The van der Waals surface area contributed by atoms with Gasteiger partial charge in [0.2, 0.25) is 0 Å². The summed E-state index contributed by atoms with van der Waals surface area (Å²) < 4.78 is 0. The van der Waals surface area contributed by atoms with Crippen molar-refractivity contribution in [1.29, 1.82) is 0 Å². The summed E-state index contributed by atoms with van der Waals surface area (Å²) in [4.78, 5) is 1.94. The Hall–Kier alpha value is -0.0800. The SMILES string of the molecule is CC(N)N(C)C.CCCCCCCCCCCCCCCCCCCC. The maximum Gasteiger partial charge on any atom is 0.0537 e. The molecule has 0 saturated carbocycles. The number of unbranched alkanes of at least 4 members (excludes halogenated alkanes) is 17. The molecule has 0 bridgehead atoms. The Kier molecular flexibility index (Phi) is 27.0. The maximum absolute atomic E-state index is 5.36. The topological polar surface area (TPSA) is 29.3 Å². The van der Waals surface area contributed by atoms with Gasteiger partial charge in [-0.1, -0.05) is 129 Å². The van der Waals surface area contributed by atoms with Crippen molar-refractivity contribution in [2.75, 3.05) is 14.1 Å². The summed E-state index contributed by atoms with van der Waals surface area (Å²) in [5.74, 6) is 0. The summed E-state index contributed by atoms with van der Waals surface area (Å²) in [6.45, 7) is 6.54. The highest BCUT2D eigenvalue weighted by atomic mass is 15.2. The number of hydrogen-bond donors (Lipinski definition) is 1. The monoisotopic (exact) mass is 370 g/mol. The zero-order chi connectivity index (χ0) is 19.9. The Bertz CT molecular complexity index is 202. The molecule has 0 amide bonds. The van der Waals surface area contributed by atoms with Crippen LogP contribution in [0, 0.1) is 0 Å². The molecule has 0 aromatic heterocycles. The molecule has 2 heteroatoms. The second-order valence-electron chi connectivity index (χ2n) is 8.36. The lowest BCUT2D eigenvalue weighted by Crippen LogP contribution is -2.32. The van der Waals surface area contributed by atoms with Crippen molar-refractivity contribution in [1.82, 2.24) is 4.90 Å². The van der Waals surface area contributed by atoms with E-state index in [1.807, 2.05) is 25.9 Å². The molecule has 0 aromatic carbocycles. The Morgan fingerprint density at radius 3 is 0.769 bits per heavy atom. The Balaban J connectivity index is 0. The van der Waals surface area contributed by atoms with Crippen LogP contribution in [0.4, 0.5) is 0 Å². The largest absolute Gasteiger partial charge is 0.316 e. The maximum atomic E-state index is 5.36. The first-order valence-electron chi connectivity index (χ1n) is 12.0. The fraction of sp³-hybridized carbons (Fsp3) is 1.00. The molecule has 0 rings (SSSR count). The van der Waals surface area contributed by atoms with Crippen LogP contribution in [0.3, 0.4) is 0 Å². The molecule has 0 spiro atoms. The van der Waals surface area contributed by atoms with Gasteiger partial charge in [-0.15, -0.1) is 0 Å². The van der Waals surface area contributed by atoms with E-state index in [4.69, 9.17) is 5.73 Å². The van der Waals surface area contributed by atoms with Crippen LogP contribution in [-0.2, 0) is 0 Å². The average Bonchev–Trinajstić information content (AvgIpc) is 2.62. The summed E-state index contributed by atoms with van der Waals surface area (Å²) in [6.07, 6.45) is 26.6. The number of nitrogens with two attached hydrogens (primary N) is 1. The molecule has 1 unspecified atom stereocenters. The van der Waals surface area contributed by atoms with E-state index in [0.717, 1.165) is 0 Å². The van der Waals surface area contributed by atoms with E-state index in [0.29, 0.717) is 0 Å². The summed E-state index contributed by atoms with van der Waals surface area (Å²) >= 11 is 0. The number of nitrogens with zero attached hydrogens (tertiary/aromatic N) is 1. The number of rotatable bonds is 18. The Morgan fingerprint density at radius 1 is 0.500 bits per heavy atom. The van der Waals surface area contributed by atoms with Crippen LogP contribution in [-0.4, -0.2) is 25.2 Å². The highest BCUT2D eigenvalue weighted by molar-refractivity contribution is 4.50. The van der Waals surface area contributed by atoms with Crippen LogP contribution in [0.1, 0.15) is 136 Å². The van der Waals surface area contributed by atoms with Crippen molar-refractivity contribution < 1.29 is 0 Å². The first-order valence-corrected chi connectivity index (χ1v) is 12.0. The van der Waals surface area contributed by atoms with Crippen LogP contribution in [0.2, 0.25) is 0 Å². The fourth-order valence-corrected chi connectivity index (χ4v) is 2.97. The van der Waals surface area contributed by atoms with E-state index in [2.05, 4.69) is 13.8 Å². The summed E-state index contributed by atoms with van der Waals surface area (Å²) in [5.41, 5.74) is 5.36. The van der Waals surface area contributed by atoms with Crippen LogP contribution in [0.5, 0.6) is 0 Å². The minimum absolute atomic E-state index is 0.185. The molecule has 0 aliphatic carbocycles. The lowest BCUT2D eigenvalue weighted by Gasteiger charge is -2.12. The van der Waals surface area contributed by atoms with Gasteiger partial charge in [-0.05, 0) is 21.0 Å². The molecule has 1 atom stereocenters. The molecule has 0 heterocycles. The van der Waals surface area contributed by atoms with E-state index >= 15 is 0 Å². The molecule has 160 valence electrons. The summed E-state index contributed by atoms with van der Waals surface area (Å²) in [7, 11) is 3.90. The van der Waals surface area contributed by atoms with E-state index in [1.54, 1.807) is 0 Å². The van der Waals surface area contributed by atoms with Crippen LogP contribution in [0.15, 0.2) is 0 Å². The molecular weight excluding hydrogens is 316 g/mol. The third-order valence-electron chi connectivity index (χ3n) is 5.27. The van der Waals surface area contributed by atoms with Crippen molar-refractivity contribution in [2.45, 2.75) is 143 Å². The van der Waals surface area contributed by atoms with Crippen LogP contribution < -0.4 is 5.73 Å². The fourth-order valence-electron chi connectivity index (χ4n) is 2.97. The predicted octanol–water partition coefficient (Wildman–Crippen LogP) is 7.90. The molecule has 0 aliphatic rings. The van der Waals surface area contributed by atoms with Gasteiger partial charge in [0, 0.05) is 0 Å². The quantitative estimate of drug-likeness (QED) is 0.196. The van der Waals surface area contributed by atoms with E-state index in [-0.39, 0.29) is 6.17 Å². The third kappa shape index (κ3) is 28.7. The average molecular weight is 371 g/mol. The zero-order valence-corrected chi connectivity index (χ0v) is 19.3. The van der Waals surface area contributed by atoms with Gasteiger partial charge in [-0.3, -0.25) is 4.90 Å². The Labute approximate surface area is 167 Å². The van der Waals surface area contributed by atoms with Gasteiger partial charge >= 0.3 is 0 Å². The summed E-state index contributed by atoms with van der Waals surface area (Å²) in [6, 6.07) is 0. The van der Waals surface area contributed by atoms with Gasteiger partial charge in [0.15, 0.2) is 0 Å². The molecule has 26 heavy (non-hydrogen) atoms. The van der Waals surface area contributed by atoms with E-state index in [1.165, 1.54) is 116 Å². The molecule has 2 nitrogen and oxygen atoms in total. The first kappa shape index (κ1) is 28.1. The highest BCUT2D eigenvalue weighted by Crippen LogP contribution is 2.14. The van der Waals surface area contributed by atoms with Gasteiger partial charge in [-0.2, -0.15) is 0 Å². The molecule has 0 radical (unpaired) electrons. The van der Waals surface area contributed by atoms with Crippen molar-refractivity contribution >= 4 is 0 Å². The minimum atomic E-state index is 0.185. The van der Waals surface area contributed by atoms with E-state index < -0.39 is 0 Å². The lowest BCUT2D eigenvalue weighted by atomic mass is 10.0. The molecule has 0 saturated heterocycles. The number of hydrogen-bond acceptors (Lipinski definition) is 2. The van der Waals surface area contributed by atoms with Gasteiger partial charge in [0.1, 0.15) is 0 Å². The zero-order valence-electron chi connectivity index (χ0n) is 19.3. The van der Waals surface area contributed by atoms with Gasteiger partial charge in [-0.25, -0.2) is 0 Å².